The van der Waals surface area contributed by atoms with Gasteiger partial charge in [0.15, 0.2) is 0 Å². The summed E-state index contributed by atoms with van der Waals surface area (Å²) in [7, 11) is 0. The fraction of sp³-hybridized carbons (Fsp3) is 0.667. The van der Waals surface area contributed by atoms with Crippen LogP contribution in [0.5, 0.6) is 0 Å². The highest BCUT2D eigenvalue weighted by Crippen LogP contribution is 2.51. The summed E-state index contributed by atoms with van der Waals surface area (Å²) in [5.41, 5.74) is 2.61. The molecule has 0 aromatic heterocycles. The number of hydrogen-bond acceptors (Lipinski definition) is 2. The summed E-state index contributed by atoms with van der Waals surface area (Å²) >= 11 is 0. The third-order valence-electron chi connectivity index (χ3n) is 3.48. The summed E-state index contributed by atoms with van der Waals surface area (Å²) in [6, 6.07) is 0. The van der Waals surface area contributed by atoms with Crippen molar-refractivity contribution in [1.29, 1.82) is 0 Å². The molecule has 0 aromatic carbocycles. The van der Waals surface area contributed by atoms with Crippen molar-refractivity contribution in [1.82, 2.24) is 0 Å². The molecule has 1 heterocycles. The summed E-state index contributed by atoms with van der Waals surface area (Å²) < 4.78 is 0. The van der Waals surface area contributed by atoms with Crippen molar-refractivity contribution in [2.45, 2.75) is 40.2 Å². The maximum atomic E-state index is 4.58. The monoisotopic (exact) mass is 190 g/mol. The molecule has 0 radical (unpaired) electrons. The van der Waals surface area contributed by atoms with E-state index in [4.69, 9.17) is 0 Å². The molecule has 1 atom stereocenters. The number of hydrogen-bond donors (Lipinski definition) is 0. The Bertz CT molecular complexity index is 357. The van der Waals surface area contributed by atoms with Gasteiger partial charge in [0.1, 0.15) is 0 Å². The van der Waals surface area contributed by atoms with Crippen molar-refractivity contribution >= 4 is 12.4 Å². The molecule has 0 saturated carbocycles. The molecule has 2 heteroatoms. The van der Waals surface area contributed by atoms with Gasteiger partial charge < -0.3 is 0 Å². The highest BCUT2D eigenvalue weighted by molar-refractivity contribution is 5.89. The smallest absolute Gasteiger partial charge is 0.0901 e. The molecule has 2 nitrogen and oxygen atoms in total. The Morgan fingerprint density at radius 2 is 1.86 bits per heavy atom. The standard InChI is InChI=1S/C12H18N2/c1-8-9-6-14-11(2,3)7-13-10(9)12(8,4)5/h6-8H,1-5H3. The molecule has 0 spiro atoms. The largest absolute Gasteiger partial charge is 0.281 e. The normalized spacial score (nSPS) is 32.2. The minimum absolute atomic E-state index is 0.146. The zero-order valence-electron chi connectivity index (χ0n) is 9.63. The molecule has 1 aliphatic carbocycles. The van der Waals surface area contributed by atoms with Crippen LogP contribution in [0.3, 0.4) is 0 Å². The molecule has 0 saturated heterocycles. The van der Waals surface area contributed by atoms with Gasteiger partial charge in [0.05, 0.1) is 11.2 Å². The first-order valence-electron chi connectivity index (χ1n) is 5.20. The first-order chi connectivity index (χ1) is 6.34. The fourth-order valence-corrected chi connectivity index (χ4v) is 2.00. The molecule has 14 heavy (non-hydrogen) atoms. The summed E-state index contributed by atoms with van der Waals surface area (Å²) in [6.07, 6.45) is 3.97. The van der Waals surface area contributed by atoms with E-state index in [-0.39, 0.29) is 11.0 Å². The topological polar surface area (TPSA) is 24.7 Å². The molecule has 1 unspecified atom stereocenters. The molecule has 2 aliphatic rings. The Hall–Kier alpha value is -0.920. The van der Waals surface area contributed by atoms with E-state index in [1.165, 1.54) is 11.3 Å². The molecule has 0 amide bonds. The second-order valence-corrected chi connectivity index (χ2v) is 5.42. The van der Waals surface area contributed by atoms with Crippen molar-refractivity contribution in [3.05, 3.63) is 11.3 Å². The highest BCUT2D eigenvalue weighted by atomic mass is 14.9. The average Bonchev–Trinajstić information content (AvgIpc) is 2.22. The van der Waals surface area contributed by atoms with E-state index in [1.54, 1.807) is 0 Å². The SMILES string of the molecule is CC1C2=C(N=CC(C)(C)N=C2)C1(C)C. The van der Waals surface area contributed by atoms with Crippen LogP contribution in [0.25, 0.3) is 0 Å². The van der Waals surface area contributed by atoms with Crippen molar-refractivity contribution in [2.75, 3.05) is 0 Å². The van der Waals surface area contributed by atoms with Crippen LogP contribution in [-0.4, -0.2) is 18.0 Å². The lowest BCUT2D eigenvalue weighted by Gasteiger charge is -2.43. The van der Waals surface area contributed by atoms with E-state index >= 15 is 0 Å². The zero-order chi connectivity index (χ0) is 10.6. The molecule has 76 valence electrons. The van der Waals surface area contributed by atoms with Gasteiger partial charge in [0.25, 0.3) is 0 Å². The van der Waals surface area contributed by atoms with Gasteiger partial charge in [-0.2, -0.15) is 0 Å². The third-order valence-corrected chi connectivity index (χ3v) is 3.48. The van der Waals surface area contributed by atoms with Crippen molar-refractivity contribution in [2.24, 2.45) is 21.3 Å². The van der Waals surface area contributed by atoms with E-state index < -0.39 is 0 Å². The molecule has 2 rings (SSSR count). The maximum absolute atomic E-state index is 4.58. The van der Waals surface area contributed by atoms with Gasteiger partial charge in [-0.3, -0.25) is 9.98 Å². The number of rotatable bonds is 0. The Labute approximate surface area is 85.8 Å². The Morgan fingerprint density at radius 1 is 1.21 bits per heavy atom. The van der Waals surface area contributed by atoms with Crippen LogP contribution < -0.4 is 0 Å². The number of nitrogens with zero attached hydrogens (tertiary/aromatic N) is 2. The molecule has 0 fully saturated rings. The lowest BCUT2D eigenvalue weighted by molar-refractivity contribution is 0.275. The van der Waals surface area contributed by atoms with E-state index in [9.17, 15) is 0 Å². The second kappa shape index (κ2) is 2.56. The van der Waals surface area contributed by atoms with Crippen LogP contribution in [0.2, 0.25) is 0 Å². The van der Waals surface area contributed by atoms with Crippen molar-refractivity contribution in [3.8, 4) is 0 Å². The van der Waals surface area contributed by atoms with Crippen LogP contribution in [0, 0.1) is 11.3 Å². The van der Waals surface area contributed by atoms with E-state index in [0.717, 1.165) is 0 Å². The first-order valence-corrected chi connectivity index (χ1v) is 5.20. The zero-order valence-corrected chi connectivity index (χ0v) is 9.63. The van der Waals surface area contributed by atoms with Crippen molar-refractivity contribution < 1.29 is 0 Å². The fourth-order valence-electron chi connectivity index (χ4n) is 2.00. The van der Waals surface area contributed by atoms with Crippen LogP contribution in [0.1, 0.15) is 34.6 Å². The Morgan fingerprint density at radius 3 is 2.50 bits per heavy atom. The highest BCUT2D eigenvalue weighted by Gasteiger charge is 2.44. The predicted molar refractivity (Wildman–Crippen MR) is 61.0 cm³/mol. The summed E-state index contributed by atoms with van der Waals surface area (Å²) in [6.45, 7) is 10.9. The van der Waals surface area contributed by atoms with Gasteiger partial charge in [0.2, 0.25) is 0 Å². The molecule has 0 bridgehead atoms. The summed E-state index contributed by atoms with van der Waals surface area (Å²) in [5, 5.41) is 0. The number of allylic oxidation sites excluding steroid dienone is 2. The van der Waals surface area contributed by atoms with Gasteiger partial charge in [-0.25, -0.2) is 0 Å². The minimum atomic E-state index is -0.146. The van der Waals surface area contributed by atoms with Gasteiger partial charge in [-0.1, -0.05) is 20.8 Å². The molecule has 0 aromatic rings. The van der Waals surface area contributed by atoms with E-state index in [2.05, 4.69) is 44.6 Å². The third kappa shape index (κ3) is 1.17. The quantitative estimate of drug-likeness (QED) is 0.561. The van der Waals surface area contributed by atoms with Crippen LogP contribution in [0.4, 0.5) is 0 Å². The predicted octanol–water partition coefficient (Wildman–Crippen LogP) is 2.85. The van der Waals surface area contributed by atoms with Gasteiger partial charge in [-0.05, 0) is 25.3 Å². The average molecular weight is 190 g/mol. The summed E-state index contributed by atoms with van der Waals surface area (Å²) in [4.78, 5) is 9.10. The molecular formula is C12H18N2. The Kier molecular flexibility index (Phi) is 1.76. The number of aliphatic imine (C=N–C) groups is 2. The maximum Gasteiger partial charge on any atom is 0.0901 e. The molecule has 1 aliphatic heterocycles. The van der Waals surface area contributed by atoms with Gasteiger partial charge in [-0.15, -0.1) is 0 Å². The lowest BCUT2D eigenvalue weighted by Crippen LogP contribution is -2.36. The molecular weight excluding hydrogens is 172 g/mol. The van der Waals surface area contributed by atoms with E-state index in [0.29, 0.717) is 5.92 Å². The summed E-state index contributed by atoms with van der Waals surface area (Å²) in [5.74, 6) is 0.576. The van der Waals surface area contributed by atoms with Gasteiger partial charge in [0, 0.05) is 17.8 Å². The first kappa shape index (κ1) is 9.63. The van der Waals surface area contributed by atoms with Crippen LogP contribution in [0.15, 0.2) is 21.3 Å². The van der Waals surface area contributed by atoms with Crippen LogP contribution in [-0.2, 0) is 0 Å². The van der Waals surface area contributed by atoms with Crippen molar-refractivity contribution in [3.63, 3.8) is 0 Å². The van der Waals surface area contributed by atoms with E-state index in [1.807, 2.05) is 12.4 Å². The second-order valence-electron chi connectivity index (χ2n) is 5.42. The van der Waals surface area contributed by atoms with Crippen LogP contribution >= 0.6 is 0 Å². The molecule has 0 N–H and O–H groups in total. The minimum Gasteiger partial charge on any atom is -0.281 e. The Balaban J connectivity index is 2.43. The van der Waals surface area contributed by atoms with Gasteiger partial charge >= 0.3 is 0 Å². The lowest BCUT2D eigenvalue weighted by atomic mass is 9.62.